The molecule has 0 bridgehead atoms. The molecule has 1 aliphatic heterocycles. The lowest BCUT2D eigenvalue weighted by Crippen LogP contribution is -2.49. The SMILES string of the molecule is C[C@@H]1CN(c2ncccn2)CCN1.Cl.Cl.Cl.Cl. The second kappa shape index (κ2) is 11.1. The third-order valence-corrected chi connectivity index (χ3v) is 2.20. The Hall–Kier alpha value is -0.000000000000000111. The molecular formula is C9H18Cl4N4. The van der Waals surface area contributed by atoms with Crippen LogP contribution in [0.15, 0.2) is 18.5 Å². The summed E-state index contributed by atoms with van der Waals surface area (Å²) in [6, 6.07) is 2.37. The third-order valence-electron chi connectivity index (χ3n) is 2.20. The molecule has 0 saturated carbocycles. The summed E-state index contributed by atoms with van der Waals surface area (Å²) < 4.78 is 0. The second-order valence-electron chi connectivity index (χ2n) is 3.35. The zero-order valence-corrected chi connectivity index (χ0v) is 12.7. The van der Waals surface area contributed by atoms with E-state index in [0.29, 0.717) is 6.04 Å². The first-order chi connectivity index (χ1) is 6.36. The van der Waals surface area contributed by atoms with Crippen LogP contribution in [0, 0.1) is 0 Å². The molecule has 0 aliphatic carbocycles. The van der Waals surface area contributed by atoms with Crippen LogP contribution in [0.4, 0.5) is 5.95 Å². The molecule has 1 fully saturated rings. The first-order valence-electron chi connectivity index (χ1n) is 4.61. The molecule has 1 saturated heterocycles. The van der Waals surface area contributed by atoms with Crippen molar-refractivity contribution < 1.29 is 0 Å². The maximum atomic E-state index is 4.22. The fourth-order valence-electron chi connectivity index (χ4n) is 1.57. The highest BCUT2D eigenvalue weighted by molar-refractivity contribution is 5.86. The highest BCUT2D eigenvalue weighted by Gasteiger charge is 2.16. The van der Waals surface area contributed by atoms with Gasteiger partial charge in [-0.1, -0.05) is 0 Å². The van der Waals surface area contributed by atoms with Crippen molar-refractivity contribution in [3.8, 4) is 0 Å². The number of hydrogen-bond acceptors (Lipinski definition) is 4. The lowest BCUT2D eigenvalue weighted by Gasteiger charge is -2.31. The number of hydrogen-bond donors (Lipinski definition) is 1. The van der Waals surface area contributed by atoms with E-state index in [9.17, 15) is 0 Å². The summed E-state index contributed by atoms with van der Waals surface area (Å²) in [6.07, 6.45) is 3.57. The monoisotopic (exact) mass is 322 g/mol. The van der Waals surface area contributed by atoms with Crippen LogP contribution in [0.1, 0.15) is 6.92 Å². The molecule has 0 aromatic carbocycles. The van der Waals surface area contributed by atoms with Crippen LogP contribution in [-0.4, -0.2) is 35.6 Å². The standard InChI is InChI=1S/C9H14N4.4ClH/c1-8-7-13(6-5-10-8)9-11-3-2-4-12-9;;;;/h2-4,8,10H,5-7H2,1H3;4*1H/t8-;;;;/m1..../s1. The van der Waals surface area contributed by atoms with Crippen molar-refractivity contribution in [3.05, 3.63) is 18.5 Å². The summed E-state index contributed by atoms with van der Waals surface area (Å²) in [5.41, 5.74) is 0. The smallest absolute Gasteiger partial charge is 0.225 e. The average molecular weight is 324 g/mol. The number of nitrogens with zero attached hydrogens (tertiary/aromatic N) is 3. The lowest BCUT2D eigenvalue weighted by molar-refractivity contribution is 0.479. The Labute approximate surface area is 127 Å². The van der Waals surface area contributed by atoms with Gasteiger partial charge in [-0.25, -0.2) is 9.97 Å². The third kappa shape index (κ3) is 6.48. The second-order valence-corrected chi connectivity index (χ2v) is 3.35. The largest absolute Gasteiger partial charge is 0.338 e. The fourth-order valence-corrected chi connectivity index (χ4v) is 1.57. The van der Waals surface area contributed by atoms with Gasteiger partial charge in [0, 0.05) is 38.1 Å². The average Bonchev–Trinajstić information content (AvgIpc) is 2.19. The summed E-state index contributed by atoms with van der Waals surface area (Å²) in [4.78, 5) is 10.7. The molecular weight excluding hydrogens is 306 g/mol. The molecule has 0 spiro atoms. The Morgan fingerprint density at radius 1 is 1.18 bits per heavy atom. The first kappa shape index (κ1) is 22.2. The molecule has 8 heteroatoms. The van der Waals surface area contributed by atoms with Crippen molar-refractivity contribution in [2.24, 2.45) is 0 Å². The molecule has 2 heterocycles. The van der Waals surface area contributed by atoms with E-state index < -0.39 is 0 Å². The fraction of sp³-hybridized carbons (Fsp3) is 0.556. The van der Waals surface area contributed by atoms with Gasteiger partial charge in [-0.15, -0.1) is 49.6 Å². The number of rotatable bonds is 1. The molecule has 1 aliphatic rings. The van der Waals surface area contributed by atoms with Gasteiger partial charge in [-0.05, 0) is 13.0 Å². The molecule has 2 rings (SSSR count). The number of aromatic nitrogens is 2. The molecule has 0 amide bonds. The summed E-state index contributed by atoms with van der Waals surface area (Å²) in [7, 11) is 0. The highest BCUT2D eigenvalue weighted by atomic mass is 35.5. The Kier molecular flexibility index (Phi) is 14.5. The summed E-state index contributed by atoms with van der Waals surface area (Å²) in [6.45, 7) is 5.17. The van der Waals surface area contributed by atoms with E-state index in [-0.39, 0.29) is 49.6 Å². The van der Waals surface area contributed by atoms with E-state index in [2.05, 4.69) is 27.1 Å². The summed E-state index contributed by atoms with van der Waals surface area (Å²) >= 11 is 0. The predicted octanol–water partition coefficient (Wildman–Crippen LogP) is 1.96. The Bertz CT molecular complexity index is 275. The van der Waals surface area contributed by atoms with Crippen molar-refractivity contribution in [1.82, 2.24) is 15.3 Å². The number of anilines is 1. The molecule has 0 unspecified atom stereocenters. The van der Waals surface area contributed by atoms with Gasteiger partial charge in [-0.3, -0.25) is 0 Å². The van der Waals surface area contributed by atoms with E-state index in [1.165, 1.54) is 0 Å². The van der Waals surface area contributed by atoms with Crippen LogP contribution in [0.3, 0.4) is 0 Å². The van der Waals surface area contributed by atoms with Gasteiger partial charge >= 0.3 is 0 Å². The van der Waals surface area contributed by atoms with Crippen LogP contribution < -0.4 is 10.2 Å². The van der Waals surface area contributed by atoms with Crippen molar-refractivity contribution in [2.45, 2.75) is 13.0 Å². The van der Waals surface area contributed by atoms with Gasteiger partial charge in [0.1, 0.15) is 0 Å². The van der Waals surface area contributed by atoms with Gasteiger partial charge in [0.05, 0.1) is 0 Å². The van der Waals surface area contributed by atoms with Gasteiger partial charge in [0.25, 0.3) is 0 Å². The topological polar surface area (TPSA) is 41.1 Å². The minimum absolute atomic E-state index is 0. The van der Waals surface area contributed by atoms with Crippen LogP contribution in [0.2, 0.25) is 0 Å². The van der Waals surface area contributed by atoms with Crippen LogP contribution in [0.5, 0.6) is 0 Å². The molecule has 1 N–H and O–H groups in total. The van der Waals surface area contributed by atoms with Gasteiger partial charge < -0.3 is 10.2 Å². The molecule has 1 atom stereocenters. The van der Waals surface area contributed by atoms with Crippen molar-refractivity contribution in [3.63, 3.8) is 0 Å². The zero-order chi connectivity index (χ0) is 9.10. The summed E-state index contributed by atoms with van der Waals surface area (Å²) in [5, 5.41) is 3.38. The van der Waals surface area contributed by atoms with Gasteiger partial charge in [0.15, 0.2) is 0 Å². The first-order valence-corrected chi connectivity index (χ1v) is 4.61. The molecule has 17 heavy (non-hydrogen) atoms. The molecule has 1 aromatic rings. The van der Waals surface area contributed by atoms with Gasteiger partial charge in [-0.2, -0.15) is 0 Å². The minimum atomic E-state index is 0. The van der Waals surface area contributed by atoms with Gasteiger partial charge in [0.2, 0.25) is 5.95 Å². The molecule has 0 radical (unpaired) electrons. The van der Waals surface area contributed by atoms with E-state index in [1.54, 1.807) is 12.4 Å². The Morgan fingerprint density at radius 2 is 1.76 bits per heavy atom. The highest BCUT2D eigenvalue weighted by Crippen LogP contribution is 2.07. The number of halogens is 4. The number of nitrogens with one attached hydrogen (secondary N) is 1. The summed E-state index contributed by atoms with van der Waals surface area (Å²) in [5.74, 6) is 0.843. The lowest BCUT2D eigenvalue weighted by atomic mass is 10.2. The van der Waals surface area contributed by atoms with E-state index in [1.807, 2.05) is 6.07 Å². The van der Waals surface area contributed by atoms with E-state index in [0.717, 1.165) is 25.6 Å². The number of piperazine rings is 1. The maximum absolute atomic E-state index is 4.22. The molecule has 1 aromatic heterocycles. The Morgan fingerprint density at radius 3 is 2.29 bits per heavy atom. The molecule has 4 nitrogen and oxygen atoms in total. The normalized spacial score (nSPS) is 17.7. The van der Waals surface area contributed by atoms with Crippen molar-refractivity contribution >= 4 is 55.6 Å². The van der Waals surface area contributed by atoms with Crippen LogP contribution in [0.25, 0.3) is 0 Å². The van der Waals surface area contributed by atoms with Crippen molar-refractivity contribution in [2.75, 3.05) is 24.5 Å². The maximum Gasteiger partial charge on any atom is 0.225 e. The van der Waals surface area contributed by atoms with Crippen LogP contribution >= 0.6 is 49.6 Å². The van der Waals surface area contributed by atoms with E-state index >= 15 is 0 Å². The van der Waals surface area contributed by atoms with Crippen LogP contribution in [-0.2, 0) is 0 Å². The predicted molar refractivity (Wildman–Crippen MR) is 80.7 cm³/mol. The minimum Gasteiger partial charge on any atom is -0.338 e. The zero-order valence-electron chi connectivity index (χ0n) is 9.41. The molecule has 102 valence electrons. The van der Waals surface area contributed by atoms with Crippen molar-refractivity contribution in [1.29, 1.82) is 0 Å². The van der Waals surface area contributed by atoms with E-state index in [4.69, 9.17) is 0 Å². The quantitative estimate of drug-likeness (QED) is 0.857. The Balaban J connectivity index is -0.000000490.